The number of benzene rings is 2. The largest absolute Gasteiger partial charge is 0.493 e. The smallest absolute Gasteiger partial charge is 0.227 e. The number of hydrogen-bond donors (Lipinski definition) is 0. The van der Waals surface area contributed by atoms with E-state index in [2.05, 4.69) is 15.3 Å². The molecule has 5 rings (SSSR count). The number of rotatable bonds is 6. The van der Waals surface area contributed by atoms with E-state index in [1.165, 1.54) is 0 Å². The summed E-state index contributed by atoms with van der Waals surface area (Å²) >= 11 is 8.11. The first kappa shape index (κ1) is 22.0. The van der Waals surface area contributed by atoms with E-state index in [0.717, 1.165) is 40.8 Å². The van der Waals surface area contributed by atoms with E-state index in [1.807, 2.05) is 30.3 Å². The molecule has 3 aliphatic heterocycles. The van der Waals surface area contributed by atoms with Crippen LogP contribution >= 0.6 is 23.4 Å². The summed E-state index contributed by atoms with van der Waals surface area (Å²) in [5, 5.41) is 3.64. The molecule has 7 nitrogen and oxygen atoms in total. The van der Waals surface area contributed by atoms with Gasteiger partial charge in [-0.3, -0.25) is 9.79 Å². The Kier molecular flexibility index (Phi) is 6.12. The molecule has 172 valence electrons. The van der Waals surface area contributed by atoms with Crippen molar-refractivity contribution in [3.05, 3.63) is 51.9 Å². The van der Waals surface area contributed by atoms with Crippen LogP contribution < -0.4 is 19.1 Å². The van der Waals surface area contributed by atoms with Gasteiger partial charge in [0.25, 0.3) is 0 Å². The van der Waals surface area contributed by atoms with Crippen LogP contribution in [0.4, 0.5) is 5.69 Å². The van der Waals surface area contributed by atoms with Gasteiger partial charge in [0.15, 0.2) is 22.4 Å². The number of anilines is 1. The van der Waals surface area contributed by atoms with Gasteiger partial charge in [-0.25, -0.2) is 0 Å². The second kappa shape index (κ2) is 9.19. The summed E-state index contributed by atoms with van der Waals surface area (Å²) in [7, 11) is 3.21. The number of amides is 1. The van der Waals surface area contributed by atoms with Crippen LogP contribution in [0.3, 0.4) is 0 Å². The van der Waals surface area contributed by atoms with Crippen molar-refractivity contribution in [2.75, 3.05) is 45.4 Å². The Morgan fingerprint density at radius 2 is 2.03 bits per heavy atom. The second-order valence-electron chi connectivity index (χ2n) is 7.82. The van der Waals surface area contributed by atoms with Crippen molar-refractivity contribution in [3.8, 4) is 17.2 Å². The third-order valence-corrected chi connectivity index (χ3v) is 7.03. The third-order valence-electron chi connectivity index (χ3n) is 5.91. The van der Waals surface area contributed by atoms with Crippen molar-refractivity contribution in [3.63, 3.8) is 0 Å². The van der Waals surface area contributed by atoms with Gasteiger partial charge in [0, 0.05) is 29.0 Å². The van der Waals surface area contributed by atoms with Crippen molar-refractivity contribution in [2.24, 2.45) is 4.99 Å². The molecule has 2 aromatic carbocycles. The van der Waals surface area contributed by atoms with Crippen LogP contribution in [0.1, 0.15) is 17.5 Å². The number of aliphatic imine (C=N–C) groups is 1. The van der Waals surface area contributed by atoms with E-state index in [-0.39, 0.29) is 5.91 Å². The fourth-order valence-electron chi connectivity index (χ4n) is 4.29. The molecule has 2 aromatic rings. The van der Waals surface area contributed by atoms with E-state index >= 15 is 0 Å². The number of carbonyl (C=O) groups excluding carboxylic acids is 1. The lowest BCUT2D eigenvalue weighted by Crippen LogP contribution is -2.38. The standard InChI is InChI=1S/C24H24ClN3O4S/c1-30-20-5-3-15(11-21(20)31-2)4-6-22(29)27-9-10-32-23-17(12-16(25)13-18(23)27)19-14-33-24-26-7-8-28(19)24/h3,5,11-14H,4,6-10H2,1-2H3. The lowest BCUT2D eigenvalue weighted by molar-refractivity contribution is -0.118. The van der Waals surface area contributed by atoms with Crippen LogP contribution in [0, 0.1) is 0 Å². The van der Waals surface area contributed by atoms with Gasteiger partial charge in [-0.1, -0.05) is 29.4 Å². The Labute approximate surface area is 202 Å². The molecule has 9 heteroatoms. The maximum Gasteiger partial charge on any atom is 0.227 e. The molecule has 0 aromatic heterocycles. The molecular formula is C24H24ClN3O4S. The van der Waals surface area contributed by atoms with E-state index in [9.17, 15) is 4.79 Å². The number of ether oxygens (including phenoxy) is 3. The molecule has 3 aliphatic rings. The Hall–Kier alpha value is -2.84. The molecule has 0 spiro atoms. The molecule has 0 atom stereocenters. The van der Waals surface area contributed by atoms with Crippen molar-refractivity contribution in [1.29, 1.82) is 0 Å². The van der Waals surface area contributed by atoms with Crippen molar-refractivity contribution in [1.82, 2.24) is 4.90 Å². The topological polar surface area (TPSA) is 63.6 Å². The molecule has 3 heterocycles. The number of hydrogen-bond acceptors (Lipinski definition) is 7. The first-order valence-corrected chi connectivity index (χ1v) is 12.0. The molecule has 0 saturated heterocycles. The quantitative estimate of drug-likeness (QED) is 0.603. The lowest BCUT2D eigenvalue weighted by Gasteiger charge is -2.32. The summed E-state index contributed by atoms with van der Waals surface area (Å²) in [6, 6.07) is 9.45. The highest BCUT2D eigenvalue weighted by atomic mass is 35.5. The monoisotopic (exact) mass is 485 g/mol. The fraction of sp³-hybridized carbons (Fsp3) is 0.333. The maximum absolute atomic E-state index is 13.3. The maximum atomic E-state index is 13.3. The van der Waals surface area contributed by atoms with E-state index in [1.54, 1.807) is 30.9 Å². The van der Waals surface area contributed by atoms with Gasteiger partial charge in [0.2, 0.25) is 5.91 Å². The molecule has 0 aliphatic carbocycles. The molecule has 0 radical (unpaired) electrons. The number of aryl methyl sites for hydroxylation is 1. The lowest BCUT2D eigenvalue weighted by atomic mass is 10.1. The van der Waals surface area contributed by atoms with Gasteiger partial charge in [0.05, 0.1) is 38.7 Å². The normalized spacial score (nSPS) is 16.6. The van der Waals surface area contributed by atoms with Gasteiger partial charge >= 0.3 is 0 Å². The molecule has 0 saturated carbocycles. The number of thioether (sulfide) groups is 1. The Morgan fingerprint density at radius 3 is 2.85 bits per heavy atom. The summed E-state index contributed by atoms with van der Waals surface area (Å²) in [6.45, 7) is 2.54. The van der Waals surface area contributed by atoms with Crippen LogP contribution in [-0.2, 0) is 11.2 Å². The molecule has 0 fully saturated rings. The van der Waals surface area contributed by atoms with Crippen LogP contribution in [0.25, 0.3) is 5.70 Å². The highest BCUT2D eigenvalue weighted by Gasteiger charge is 2.33. The van der Waals surface area contributed by atoms with Gasteiger partial charge in [-0.15, -0.1) is 0 Å². The Morgan fingerprint density at radius 1 is 1.18 bits per heavy atom. The van der Waals surface area contributed by atoms with Crippen LogP contribution in [0.5, 0.6) is 17.2 Å². The second-order valence-corrected chi connectivity index (χ2v) is 9.09. The third kappa shape index (κ3) is 4.13. The minimum Gasteiger partial charge on any atom is -0.493 e. The minimum absolute atomic E-state index is 0.0285. The first-order chi connectivity index (χ1) is 16.1. The van der Waals surface area contributed by atoms with Crippen LogP contribution in [-0.4, -0.2) is 56.4 Å². The van der Waals surface area contributed by atoms with Crippen molar-refractivity contribution < 1.29 is 19.0 Å². The van der Waals surface area contributed by atoms with Crippen molar-refractivity contribution >= 4 is 45.8 Å². The Balaban J connectivity index is 1.38. The van der Waals surface area contributed by atoms with Crippen LogP contribution in [0.15, 0.2) is 40.7 Å². The molecule has 33 heavy (non-hydrogen) atoms. The van der Waals surface area contributed by atoms with Gasteiger partial charge in [-0.2, -0.15) is 0 Å². The summed E-state index contributed by atoms with van der Waals surface area (Å²) in [5.41, 5.74) is 3.65. The van der Waals surface area contributed by atoms with E-state index in [0.29, 0.717) is 48.3 Å². The number of carbonyl (C=O) groups is 1. The predicted octanol–water partition coefficient (Wildman–Crippen LogP) is 4.43. The molecular weight excluding hydrogens is 462 g/mol. The minimum atomic E-state index is 0.0285. The summed E-state index contributed by atoms with van der Waals surface area (Å²) in [4.78, 5) is 21.8. The first-order valence-electron chi connectivity index (χ1n) is 10.8. The van der Waals surface area contributed by atoms with E-state index < -0.39 is 0 Å². The number of nitrogens with zero attached hydrogens (tertiary/aromatic N) is 3. The number of amidine groups is 1. The van der Waals surface area contributed by atoms with Gasteiger partial charge < -0.3 is 24.0 Å². The fourth-order valence-corrected chi connectivity index (χ4v) is 5.46. The average Bonchev–Trinajstić information content (AvgIpc) is 3.45. The SMILES string of the molecule is COc1ccc(CCC(=O)N2CCOc3c(C4=CSC5=NCCN45)cc(Cl)cc32)cc1OC. The predicted molar refractivity (Wildman–Crippen MR) is 132 cm³/mol. The van der Waals surface area contributed by atoms with E-state index in [4.69, 9.17) is 25.8 Å². The molecule has 0 unspecified atom stereocenters. The number of halogens is 1. The zero-order valence-corrected chi connectivity index (χ0v) is 20.0. The van der Waals surface area contributed by atoms with Crippen molar-refractivity contribution in [2.45, 2.75) is 12.8 Å². The zero-order chi connectivity index (χ0) is 22.9. The molecule has 0 bridgehead atoms. The van der Waals surface area contributed by atoms with Gasteiger partial charge in [0.1, 0.15) is 6.61 Å². The van der Waals surface area contributed by atoms with Gasteiger partial charge in [-0.05, 0) is 36.2 Å². The highest BCUT2D eigenvalue weighted by Crippen LogP contribution is 2.45. The summed E-state index contributed by atoms with van der Waals surface area (Å²) < 4.78 is 16.7. The zero-order valence-electron chi connectivity index (χ0n) is 18.5. The number of methoxy groups -OCH3 is 2. The van der Waals surface area contributed by atoms with Crippen LogP contribution in [0.2, 0.25) is 5.02 Å². The molecule has 0 N–H and O–H groups in total. The highest BCUT2D eigenvalue weighted by molar-refractivity contribution is 8.16. The summed E-state index contributed by atoms with van der Waals surface area (Å²) in [6.07, 6.45) is 0.951. The number of fused-ring (bicyclic) bond motifs is 2. The summed E-state index contributed by atoms with van der Waals surface area (Å²) in [5.74, 6) is 2.05. The Bertz CT molecular complexity index is 1170. The molecule has 1 amide bonds. The average molecular weight is 486 g/mol.